The van der Waals surface area contributed by atoms with Crippen molar-refractivity contribution in [3.63, 3.8) is 0 Å². The molecule has 0 spiro atoms. The molecular weight excluding hydrogens is 248 g/mol. The van der Waals surface area contributed by atoms with Gasteiger partial charge in [-0.1, -0.05) is 31.2 Å². The first-order valence-corrected chi connectivity index (χ1v) is 7.81. The molecule has 1 saturated heterocycles. The zero-order chi connectivity index (χ0) is 14.2. The molecule has 3 unspecified atom stereocenters. The van der Waals surface area contributed by atoms with Crippen molar-refractivity contribution in [1.29, 1.82) is 0 Å². The lowest BCUT2D eigenvalue weighted by Gasteiger charge is -2.54. The highest BCUT2D eigenvalue weighted by atomic mass is 16.3. The Kier molecular flexibility index (Phi) is 3.61. The number of hydrogen-bond acceptors (Lipinski definition) is 3. The van der Waals surface area contributed by atoms with E-state index in [-0.39, 0.29) is 11.3 Å². The van der Waals surface area contributed by atoms with Gasteiger partial charge in [-0.25, -0.2) is 0 Å². The number of rotatable bonds is 2. The second-order valence-electron chi connectivity index (χ2n) is 6.71. The van der Waals surface area contributed by atoms with E-state index >= 15 is 0 Å². The molecule has 0 saturated carbocycles. The van der Waals surface area contributed by atoms with Gasteiger partial charge in [-0.2, -0.15) is 0 Å². The van der Waals surface area contributed by atoms with Crippen LogP contribution in [0.1, 0.15) is 30.9 Å². The van der Waals surface area contributed by atoms with Crippen LogP contribution in [0.3, 0.4) is 0 Å². The summed E-state index contributed by atoms with van der Waals surface area (Å²) < 4.78 is 0. The lowest BCUT2D eigenvalue weighted by Crippen LogP contribution is -2.63. The van der Waals surface area contributed by atoms with Gasteiger partial charge in [-0.3, -0.25) is 0 Å². The largest absolute Gasteiger partial charge is 0.389 e. The Morgan fingerprint density at radius 2 is 2.05 bits per heavy atom. The van der Waals surface area contributed by atoms with Gasteiger partial charge in [-0.05, 0) is 49.3 Å². The average molecular weight is 274 g/mol. The van der Waals surface area contributed by atoms with E-state index in [9.17, 15) is 5.11 Å². The first-order chi connectivity index (χ1) is 9.61. The van der Waals surface area contributed by atoms with Crippen molar-refractivity contribution < 1.29 is 5.11 Å². The predicted molar refractivity (Wildman–Crippen MR) is 81.6 cm³/mol. The first kappa shape index (κ1) is 14.1. The molecule has 3 atom stereocenters. The topological polar surface area (TPSA) is 58.3 Å². The van der Waals surface area contributed by atoms with E-state index in [1.807, 2.05) is 0 Å². The molecule has 1 heterocycles. The normalized spacial score (nSPS) is 37.5. The van der Waals surface area contributed by atoms with Gasteiger partial charge in [0.15, 0.2) is 0 Å². The van der Waals surface area contributed by atoms with Crippen LogP contribution >= 0.6 is 0 Å². The van der Waals surface area contributed by atoms with E-state index in [1.165, 1.54) is 11.1 Å². The van der Waals surface area contributed by atoms with Crippen molar-refractivity contribution in [2.75, 3.05) is 19.6 Å². The molecule has 20 heavy (non-hydrogen) atoms. The highest BCUT2D eigenvalue weighted by molar-refractivity contribution is 5.32. The van der Waals surface area contributed by atoms with Crippen molar-refractivity contribution in [2.45, 2.75) is 38.2 Å². The van der Waals surface area contributed by atoms with Gasteiger partial charge in [0, 0.05) is 18.5 Å². The molecule has 0 bridgehead atoms. The number of hydrogen-bond donors (Lipinski definition) is 3. The summed E-state index contributed by atoms with van der Waals surface area (Å²) >= 11 is 0. The summed E-state index contributed by atoms with van der Waals surface area (Å²) in [7, 11) is 0. The van der Waals surface area contributed by atoms with Gasteiger partial charge in [0.2, 0.25) is 0 Å². The number of benzene rings is 1. The fourth-order valence-electron chi connectivity index (χ4n) is 4.32. The third kappa shape index (κ3) is 2.00. The number of nitrogens with two attached hydrogens (primary N) is 1. The number of nitrogens with one attached hydrogen (secondary N) is 1. The predicted octanol–water partition coefficient (Wildman–Crippen LogP) is 1.48. The minimum absolute atomic E-state index is 0.164. The Morgan fingerprint density at radius 1 is 1.30 bits per heavy atom. The number of aliphatic hydroxyl groups is 1. The molecule has 1 aliphatic heterocycles. The third-order valence-electron chi connectivity index (χ3n) is 5.78. The molecule has 0 aromatic heterocycles. The molecule has 1 aromatic carbocycles. The monoisotopic (exact) mass is 274 g/mol. The molecule has 0 radical (unpaired) electrons. The summed E-state index contributed by atoms with van der Waals surface area (Å²) in [5, 5.41) is 14.8. The van der Waals surface area contributed by atoms with Crippen LogP contribution in [-0.2, 0) is 12.8 Å². The Hall–Kier alpha value is -0.900. The number of aryl methyl sites for hydroxylation is 1. The maximum Gasteiger partial charge on any atom is 0.0768 e. The smallest absolute Gasteiger partial charge is 0.0768 e. The van der Waals surface area contributed by atoms with Crippen molar-refractivity contribution in [2.24, 2.45) is 17.1 Å². The van der Waals surface area contributed by atoms with Gasteiger partial charge in [0.05, 0.1) is 5.60 Å². The lowest BCUT2D eigenvalue weighted by atomic mass is 9.56. The van der Waals surface area contributed by atoms with Crippen LogP contribution in [0.4, 0.5) is 0 Å². The van der Waals surface area contributed by atoms with E-state index in [0.717, 1.165) is 38.8 Å². The molecule has 1 fully saturated rings. The zero-order valence-corrected chi connectivity index (χ0v) is 12.4. The maximum atomic E-state index is 11.4. The fourth-order valence-corrected chi connectivity index (χ4v) is 4.32. The van der Waals surface area contributed by atoms with Crippen LogP contribution in [0.2, 0.25) is 0 Å². The molecule has 3 nitrogen and oxygen atoms in total. The molecule has 2 aliphatic rings. The molecular formula is C17H26N2O. The van der Waals surface area contributed by atoms with E-state index in [2.05, 4.69) is 36.5 Å². The summed E-state index contributed by atoms with van der Waals surface area (Å²) in [5.74, 6) is 0.255. The average Bonchev–Trinajstić information content (AvgIpc) is 2.49. The van der Waals surface area contributed by atoms with Crippen LogP contribution in [-0.4, -0.2) is 30.3 Å². The second-order valence-corrected chi connectivity index (χ2v) is 6.71. The van der Waals surface area contributed by atoms with Crippen molar-refractivity contribution in [3.8, 4) is 0 Å². The molecule has 3 heteroatoms. The molecule has 4 N–H and O–H groups in total. The molecule has 1 aliphatic carbocycles. The van der Waals surface area contributed by atoms with E-state index in [4.69, 9.17) is 5.73 Å². The summed E-state index contributed by atoms with van der Waals surface area (Å²) in [6.45, 7) is 4.51. The Morgan fingerprint density at radius 3 is 2.75 bits per heavy atom. The van der Waals surface area contributed by atoms with Crippen LogP contribution in [0.15, 0.2) is 24.3 Å². The SMILES string of the molecule is CC1CNCCC1(O)C1(CN)CCc2ccccc2C1. The summed E-state index contributed by atoms with van der Waals surface area (Å²) in [4.78, 5) is 0. The van der Waals surface area contributed by atoms with Gasteiger partial charge in [0.1, 0.15) is 0 Å². The Labute approximate surface area is 121 Å². The van der Waals surface area contributed by atoms with Crippen LogP contribution in [0.5, 0.6) is 0 Å². The van der Waals surface area contributed by atoms with Gasteiger partial charge < -0.3 is 16.2 Å². The minimum Gasteiger partial charge on any atom is -0.389 e. The van der Waals surface area contributed by atoms with E-state index in [1.54, 1.807) is 0 Å². The quantitative estimate of drug-likeness (QED) is 0.765. The molecule has 0 amide bonds. The van der Waals surface area contributed by atoms with Crippen molar-refractivity contribution in [3.05, 3.63) is 35.4 Å². The molecule has 1 aromatic rings. The number of piperidine rings is 1. The van der Waals surface area contributed by atoms with E-state index in [0.29, 0.717) is 6.54 Å². The highest BCUT2D eigenvalue weighted by Crippen LogP contribution is 2.48. The zero-order valence-electron chi connectivity index (χ0n) is 12.4. The van der Waals surface area contributed by atoms with Crippen molar-refractivity contribution >= 4 is 0 Å². The standard InChI is InChI=1S/C17H26N2O/c1-13-11-19-9-8-17(13,20)16(12-18)7-6-14-4-2-3-5-15(14)10-16/h2-5,13,19-20H,6-12,18H2,1H3. The lowest BCUT2D eigenvalue weighted by molar-refractivity contribution is -0.140. The minimum atomic E-state index is -0.638. The summed E-state index contributed by atoms with van der Waals surface area (Å²) in [5.41, 5.74) is 8.20. The summed E-state index contributed by atoms with van der Waals surface area (Å²) in [6.07, 6.45) is 3.77. The number of fused-ring (bicyclic) bond motifs is 1. The fraction of sp³-hybridized carbons (Fsp3) is 0.647. The first-order valence-electron chi connectivity index (χ1n) is 7.81. The third-order valence-corrected chi connectivity index (χ3v) is 5.78. The van der Waals surface area contributed by atoms with Gasteiger partial charge in [-0.15, -0.1) is 0 Å². The van der Waals surface area contributed by atoms with E-state index < -0.39 is 5.60 Å². The van der Waals surface area contributed by atoms with Crippen LogP contribution in [0.25, 0.3) is 0 Å². The molecule has 3 rings (SSSR count). The Bertz CT molecular complexity index is 490. The van der Waals surface area contributed by atoms with Gasteiger partial charge >= 0.3 is 0 Å². The Balaban J connectivity index is 1.97. The van der Waals surface area contributed by atoms with Crippen LogP contribution < -0.4 is 11.1 Å². The van der Waals surface area contributed by atoms with Crippen molar-refractivity contribution in [1.82, 2.24) is 5.32 Å². The second kappa shape index (κ2) is 5.14. The maximum absolute atomic E-state index is 11.4. The molecule has 110 valence electrons. The van der Waals surface area contributed by atoms with Gasteiger partial charge in [0.25, 0.3) is 0 Å². The van der Waals surface area contributed by atoms with Crippen LogP contribution in [0, 0.1) is 11.3 Å². The highest BCUT2D eigenvalue weighted by Gasteiger charge is 2.53. The summed E-state index contributed by atoms with van der Waals surface area (Å²) in [6, 6.07) is 8.62.